The van der Waals surface area contributed by atoms with Gasteiger partial charge in [-0.25, -0.2) is 0 Å². The first-order valence-corrected chi connectivity index (χ1v) is 5.50. The van der Waals surface area contributed by atoms with Crippen LogP contribution in [-0.2, 0) is 12.0 Å². The Morgan fingerprint density at radius 3 is 2.20 bits per heavy atom. The molecule has 2 nitrogen and oxygen atoms in total. The molecule has 0 amide bonds. The number of nitrogens with two attached hydrogens (primary N) is 1. The summed E-state index contributed by atoms with van der Waals surface area (Å²) in [6.45, 7) is 3.60. The molecule has 0 bridgehead atoms. The molecule has 0 aliphatic heterocycles. The summed E-state index contributed by atoms with van der Waals surface area (Å²) in [4.78, 5) is 0. The van der Waals surface area contributed by atoms with Crippen molar-refractivity contribution in [2.24, 2.45) is 5.73 Å². The van der Waals surface area contributed by atoms with E-state index in [-0.39, 0.29) is 5.54 Å². The van der Waals surface area contributed by atoms with Gasteiger partial charge in [0.15, 0.2) is 0 Å². The van der Waals surface area contributed by atoms with Gasteiger partial charge >= 0.3 is 0 Å². The molecule has 0 radical (unpaired) electrons. The first kappa shape index (κ1) is 10.7. The molecule has 15 heavy (non-hydrogen) atoms. The summed E-state index contributed by atoms with van der Waals surface area (Å²) in [7, 11) is 0. The third kappa shape index (κ3) is 2.58. The fourth-order valence-electron chi connectivity index (χ4n) is 1.77. The maximum absolute atomic E-state index is 9.80. The maximum atomic E-state index is 9.80. The summed E-state index contributed by atoms with van der Waals surface area (Å²) < 4.78 is 0. The minimum Gasteiger partial charge on any atom is -0.386 e. The Labute approximate surface area is 91.1 Å². The molecule has 1 aromatic carbocycles. The molecular weight excluding hydrogens is 186 g/mol. The van der Waals surface area contributed by atoms with Crippen molar-refractivity contribution in [1.82, 2.24) is 0 Å². The highest BCUT2D eigenvalue weighted by Crippen LogP contribution is 2.35. The molecule has 0 aromatic heterocycles. The lowest BCUT2D eigenvalue weighted by molar-refractivity contribution is 0.0786. The lowest BCUT2D eigenvalue weighted by Crippen LogP contribution is -2.24. The van der Waals surface area contributed by atoms with E-state index in [2.05, 4.69) is 12.1 Å². The lowest BCUT2D eigenvalue weighted by atomic mass is 9.95. The van der Waals surface area contributed by atoms with Crippen LogP contribution in [0.2, 0.25) is 0 Å². The molecule has 1 aliphatic rings. The van der Waals surface area contributed by atoms with Crippen LogP contribution in [0.1, 0.15) is 37.8 Å². The number of rotatable bonds is 3. The van der Waals surface area contributed by atoms with E-state index in [0.29, 0.717) is 0 Å². The van der Waals surface area contributed by atoms with Crippen molar-refractivity contribution < 1.29 is 5.11 Å². The minimum absolute atomic E-state index is 0.0657. The predicted octanol–water partition coefficient (Wildman–Crippen LogP) is 1.95. The van der Waals surface area contributed by atoms with Crippen molar-refractivity contribution in [3.05, 3.63) is 35.4 Å². The summed E-state index contributed by atoms with van der Waals surface area (Å²) >= 11 is 0. The molecule has 1 aromatic rings. The second kappa shape index (κ2) is 3.32. The topological polar surface area (TPSA) is 46.2 Å². The Bertz CT molecular complexity index is 344. The van der Waals surface area contributed by atoms with Gasteiger partial charge in [0.05, 0.1) is 5.60 Å². The van der Waals surface area contributed by atoms with Crippen LogP contribution < -0.4 is 5.73 Å². The van der Waals surface area contributed by atoms with E-state index in [1.807, 2.05) is 12.1 Å². The van der Waals surface area contributed by atoms with Crippen molar-refractivity contribution in [3.63, 3.8) is 0 Å². The van der Waals surface area contributed by atoms with Crippen LogP contribution in [0.4, 0.5) is 0 Å². The largest absolute Gasteiger partial charge is 0.386 e. The molecule has 1 fully saturated rings. The van der Waals surface area contributed by atoms with Gasteiger partial charge in [0.2, 0.25) is 0 Å². The van der Waals surface area contributed by atoms with E-state index < -0.39 is 5.60 Å². The van der Waals surface area contributed by atoms with Crippen LogP contribution in [-0.4, -0.2) is 10.6 Å². The smallest absolute Gasteiger partial charge is 0.0840 e. The first-order valence-electron chi connectivity index (χ1n) is 5.50. The number of benzene rings is 1. The molecule has 2 heteroatoms. The van der Waals surface area contributed by atoms with Crippen molar-refractivity contribution in [2.45, 2.75) is 44.2 Å². The molecule has 82 valence electrons. The molecular formula is C13H19NO. The van der Waals surface area contributed by atoms with Gasteiger partial charge < -0.3 is 10.8 Å². The zero-order valence-electron chi connectivity index (χ0n) is 9.46. The molecule has 0 saturated heterocycles. The van der Waals surface area contributed by atoms with Gasteiger partial charge in [-0.05, 0) is 44.2 Å². The molecule has 0 spiro atoms. The normalized spacial score (nSPS) is 18.9. The third-order valence-corrected chi connectivity index (χ3v) is 3.11. The maximum Gasteiger partial charge on any atom is 0.0840 e. The number of aliphatic hydroxyl groups is 1. The summed E-state index contributed by atoms with van der Waals surface area (Å²) in [6, 6.07) is 8.11. The quantitative estimate of drug-likeness (QED) is 0.792. The highest BCUT2D eigenvalue weighted by atomic mass is 16.3. The van der Waals surface area contributed by atoms with Crippen LogP contribution in [0, 0.1) is 0 Å². The molecule has 3 N–H and O–H groups in total. The van der Waals surface area contributed by atoms with E-state index in [0.717, 1.165) is 24.8 Å². The minimum atomic E-state index is -0.751. The first-order chi connectivity index (χ1) is 6.89. The zero-order chi connectivity index (χ0) is 11.1. The highest BCUT2D eigenvalue weighted by Gasteiger charge is 2.37. The van der Waals surface area contributed by atoms with Crippen molar-refractivity contribution in [2.75, 3.05) is 0 Å². The summed E-state index contributed by atoms with van der Waals surface area (Å²) in [5, 5.41) is 9.80. The third-order valence-electron chi connectivity index (χ3n) is 3.11. The highest BCUT2D eigenvalue weighted by molar-refractivity contribution is 5.28. The van der Waals surface area contributed by atoms with Crippen LogP contribution in [0.3, 0.4) is 0 Å². The number of hydrogen-bond acceptors (Lipinski definition) is 2. The molecule has 2 rings (SSSR count). The van der Waals surface area contributed by atoms with Gasteiger partial charge in [0.1, 0.15) is 0 Å². The van der Waals surface area contributed by atoms with E-state index in [1.54, 1.807) is 13.8 Å². The molecule has 1 saturated carbocycles. The Morgan fingerprint density at radius 2 is 1.80 bits per heavy atom. The fourth-order valence-corrected chi connectivity index (χ4v) is 1.77. The van der Waals surface area contributed by atoms with Crippen LogP contribution in [0.5, 0.6) is 0 Å². The van der Waals surface area contributed by atoms with Crippen molar-refractivity contribution in [1.29, 1.82) is 0 Å². The Balaban J connectivity index is 2.10. The second-order valence-electron chi connectivity index (χ2n) is 5.30. The van der Waals surface area contributed by atoms with Crippen molar-refractivity contribution in [3.8, 4) is 0 Å². The van der Waals surface area contributed by atoms with Gasteiger partial charge in [-0.1, -0.05) is 24.3 Å². The molecule has 0 atom stereocenters. The van der Waals surface area contributed by atoms with Gasteiger partial charge in [0.25, 0.3) is 0 Å². The summed E-state index contributed by atoms with van der Waals surface area (Å²) in [5.74, 6) is 0. The monoisotopic (exact) mass is 205 g/mol. The van der Waals surface area contributed by atoms with Gasteiger partial charge in [-0.3, -0.25) is 0 Å². The Morgan fingerprint density at radius 1 is 1.27 bits per heavy atom. The van der Waals surface area contributed by atoms with E-state index >= 15 is 0 Å². The molecule has 1 aliphatic carbocycles. The standard InChI is InChI=1S/C13H19NO/c1-12(2,15)11-5-3-10(4-6-11)9-13(14)7-8-13/h3-6,15H,7-9,14H2,1-2H3. The molecule has 0 heterocycles. The SMILES string of the molecule is CC(C)(O)c1ccc(CC2(N)CC2)cc1. The summed E-state index contributed by atoms with van der Waals surface area (Å²) in [5.41, 5.74) is 7.59. The molecule has 0 unspecified atom stereocenters. The zero-order valence-corrected chi connectivity index (χ0v) is 9.46. The lowest BCUT2D eigenvalue weighted by Gasteiger charge is -2.18. The van der Waals surface area contributed by atoms with Crippen LogP contribution in [0.15, 0.2) is 24.3 Å². The van der Waals surface area contributed by atoms with E-state index in [9.17, 15) is 5.11 Å². The van der Waals surface area contributed by atoms with Gasteiger partial charge in [-0.2, -0.15) is 0 Å². The number of hydrogen-bond donors (Lipinski definition) is 2. The van der Waals surface area contributed by atoms with Crippen LogP contribution in [0.25, 0.3) is 0 Å². The summed E-state index contributed by atoms with van der Waals surface area (Å²) in [6.07, 6.45) is 3.24. The van der Waals surface area contributed by atoms with Gasteiger partial charge in [-0.15, -0.1) is 0 Å². The predicted molar refractivity (Wildman–Crippen MR) is 61.5 cm³/mol. The Hall–Kier alpha value is -0.860. The second-order valence-corrected chi connectivity index (χ2v) is 5.30. The van der Waals surface area contributed by atoms with Crippen molar-refractivity contribution >= 4 is 0 Å². The van der Waals surface area contributed by atoms with Crippen LogP contribution >= 0.6 is 0 Å². The Kier molecular flexibility index (Phi) is 2.36. The van der Waals surface area contributed by atoms with Gasteiger partial charge in [0, 0.05) is 5.54 Å². The average molecular weight is 205 g/mol. The average Bonchev–Trinajstić information content (AvgIpc) is 2.82. The van der Waals surface area contributed by atoms with E-state index in [4.69, 9.17) is 5.73 Å². The fraction of sp³-hybridized carbons (Fsp3) is 0.538. The van der Waals surface area contributed by atoms with E-state index in [1.165, 1.54) is 5.56 Å².